The molecule has 20 heavy (non-hydrogen) atoms. The maximum atomic E-state index is 12.1. The molecule has 6 nitrogen and oxygen atoms in total. The summed E-state index contributed by atoms with van der Waals surface area (Å²) in [4.78, 5) is 12.1. The zero-order valence-electron chi connectivity index (χ0n) is 11.0. The number of aromatic nitrogens is 2. The minimum absolute atomic E-state index is 0.206. The zero-order chi connectivity index (χ0) is 14.5. The van der Waals surface area contributed by atoms with E-state index < -0.39 is 0 Å². The van der Waals surface area contributed by atoms with Gasteiger partial charge in [-0.15, -0.1) is 0 Å². The molecule has 2 aromatic rings. The van der Waals surface area contributed by atoms with Crippen molar-refractivity contribution in [3.05, 3.63) is 45.3 Å². The lowest BCUT2D eigenvalue weighted by atomic mass is 10.3. The number of nitrogens with one attached hydrogen (secondary N) is 1. The van der Waals surface area contributed by atoms with Crippen molar-refractivity contribution in [2.24, 2.45) is 0 Å². The lowest BCUT2D eigenvalue weighted by molar-refractivity contribution is 0.181. The van der Waals surface area contributed by atoms with E-state index in [1.807, 2.05) is 12.1 Å². The number of hydrogen-bond acceptors (Lipinski definition) is 5. The third kappa shape index (κ3) is 3.37. The summed E-state index contributed by atoms with van der Waals surface area (Å²) in [5, 5.41) is 7.21. The second-order valence-corrected chi connectivity index (χ2v) is 4.93. The molecular weight excluding hydrogens is 324 g/mol. The van der Waals surface area contributed by atoms with Gasteiger partial charge in [0.05, 0.1) is 25.0 Å². The fraction of sp³-hybridized carbons (Fsp3) is 0.231. The molecule has 0 fully saturated rings. The third-order valence-electron chi connectivity index (χ3n) is 2.68. The van der Waals surface area contributed by atoms with Crippen molar-refractivity contribution in [2.45, 2.75) is 6.54 Å². The van der Waals surface area contributed by atoms with Crippen LogP contribution in [0.15, 0.2) is 39.7 Å². The fourth-order valence-corrected chi connectivity index (χ4v) is 2.02. The summed E-state index contributed by atoms with van der Waals surface area (Å²) in [6.07, 6.45) is 1.59. The molecule has 106 valence electrons. The van der Waals surface area contributed by atoms with Gasteiger partial charge in [-0.25, -0.2) is 4.68 Å². The number of anilines is 3. The van der Waals surface area contributed by atoms with Crippen LogP contribution in [0.4, 0.5) is 17.1 Å². The predicted octanol–water partition coefficient (Wildman–Crippen LogP) is 1.98. The molecule has 0 amide bonds. The summed E-state index contributed by atoms with van der Waals surface area (Å²) in [5.41, 5.74) is 7.54. The molecule has 0 atom stereocenters. The van der Waals surface area contributed by atoms with Gasteiger partial charge in [0.2, 0.25) is 0 Å². The number of nitrogens with two attached hydrogens (primary N) is 1. The molecule has 0 unspecified atom stereocenters. The Hall–Kier alpha value is -1.86. The first-order valence-electron chi connectivity index (χ1n) is 5.99. The van der Waals surface area contributed by atoms with Crippen molar-refractivity contribution in [2.75, 3.05) is 24.8 Å². The molecule has 3 N–H and O–H groups in total. The van der Waals surface area contributed by atoms with E-state index in [0.29, 0.717) is 29.0 Å². The first-order valence-corrected chi connectivity index (χ1v) is 6.78. The number of halogens is 1. The van der Waals surface area contributed by atoms with Gasteiger partial charge in [0.15, 0.2) is 0 Å². The van der Waals surface area contributed by atoms with Gasteiger partial charge in [0.1, 0.15) is 4.47 Å². The Balaban J connectivity index is 2.23. The molecule has 1 aromatic carbocycles. The van der Waals surface area contributed by atoms with Gasteiger partial charge in [-0.1, -0.05) is 0 Å². The number of nitrogens with zero attached hydrogens (tertiary/aromatic N) is 2. The van der Waals surface area contributed by atoms with Gasteiger partial charge < -0.3 is 15.8 Å². The highest BCUT2D eigenvalue weighted by Gasteiger charge is 2.08. The van der Waals surface area contributed by atoms with Crippen LogP contribution in [0.1, 0.15) is 0 Å². The maximum Gasteiger partial charge on any atom is 0.283 e. The highest BCUT2D eigenvalue weighted by molar-refractivity contribution is 9.10. The van der Waals surface area contributed by atoms with Crippen molar-refractivity contribution in [3.63, 3.8) is 0 Å². The van der Waals surface area contributed by atoms with Gasteiger partial charge in [0.25, 0.3) is 5.56 Å². The Labute approximate surface area is 124 Å². The molecular formula is C13H15BrN4O2. The van der Waals surface area contributed by atoms with Gasteiger partial charge in [-0.05, 0) is 40.2 Å². The Bertz CT molecular complexity index is 640. The topological polar surface area (TPSA) is 82.2 Å². The summed E-state index contributed by atoms with van der Waals surface area (Å²) in [6, 6.07) is 7.23. The molecule has 7 heteroatoms. The van der Waals surface area contributed by atoms with Crippen LogP contribution in [-0.4, -0.2) is 23.5 Å². The van der Waals surface area contributed by atoms with Crippen molar-refractivity contribution >= 4 is 33.0 Å². The van der Waals surface area contributed by atoms with E-state index in [1.165, 1.54) is 4.68 Å². The molecule has 1 heterocycles. The van der Waals surface area contributed by atoms with Gasteiger partial charge >= 0.3 is 0 Å². The molecule has 2 rings (SSSR count). The Morgan fingerprint density at radius 3 is 2.75 bits per heavy atom. The predicted molar refractivity (Wildman–Crippen MR) is 82.2 cm³/mol. The first-order chi connectivity index (χ1) is 9.61. The zero-order valence-corrected chi connectivity index (χ0v) is 12.6. The van der Waals surface area contributed by atoms with Crippen LogP contribution in [0.25, 0.3) is 0 Å². The lowest BCUT2D eigenvalue weighted by Gasteiger charge is -2.10. The van der Waals surface area contributed by atoms with Crippen LogP contribution in [-0.2, 0) is 11.3 Å². The molecule has 1 aromatic heterocycles. The largest absolute Gasteiger partial charge is 0.399 e. The summed E-state index contributed by atoms with van der Waals surface area (Å²) in [5.74, 6) is 0. The van der Waals surface area contributed by atoms with Crippen molar-refractivity contribution in [3.8, 4) is 0 Å². The van der Waals surface area contributed by atoms with Crippen LogP contribution in [0.2, 0.25) is 0 Å². The van der Waals surface area contributed by atoms with E-state index in [4.69, 9.17) is 10.5 Å². The normalized spacial score (nSPS) is 10.5. The number of hydrogen-bond donors (Lipinski definition) is 2. The van der Waals surface area contributed by atoms with E-state index in [0.717, 1.165) is 5.69 Å². The van der Waals surface area contributed by atoms with Crippen LogP contribution < -0.4 is 16.6 Å². The Morgan fingerprint density at radius 2 is 2.10 bits per heavy atom. The SMILES string of the molecule is COCCn1ncc(Nc2ccc(N)cc2)c(Br)c1=O. The highest BCUT2D eigenvalue weighted by Crippen LogP contribution is 2.22. The number of benzene rings is 1. The standard InChI is InChI=1S/C13H15BrN4O2/c1-20-7-6-18-13(19)12(14)11(8-16-18)17-10-4-2-9(15)3-5-10/h2-5,8,17H,6-7,15H2,1H3. The van der Waals surface area contributed by atoms with E-state index >= 15 is 0 Å². The van der Waals surface area contributed by atoms with Crippen molar-refractivity contribution < 1.29 is 4.74 Å². The van der Waals surface area contributed by atoms with E-state index in [1.54, 1.807) is 25.4 Å². The van der Waals surface area contributed by atoms with Crippen LogP contribution in [0.3, 0.4) is 0 Å². The minimum atomic E-state index is -0.206. The Kier molecular flexibility index (Phi) is 4.75. The summed E-state index contributed by atoms with van der Waals surface area (Å²) in [7, 11) is 1.58. The smallest absolute Gasteiger partial charge is 0.283 e. The fourth-order valence-electron chi connectivity index (χ4n) is 1.61. The van der Waals surface area contributed by atoms with Crippen LogP contribution in [0, 0.1) is 0 Å². The number of nitrogen functional groups attached to an aromatic ring is 1. The maximum absolute atomic E-state index is 12.1. The van der Waals surface area contributed by atoms with Gasteiger partial charge in [-0.3, -0.25) is 4.79 Å². The van der Waals surface area contributed by atoms with E-state index in [-0.39, 0.29) is 5.56 Å². The molecule has 0 spiro atoms. The molecule has 0 saturated heterocycles. The molecule has 0 radical (unpaired) electrons. The number of ether oxygens (including phenoxy) is 1. The molecule has 0 bridgehead atoms. The average molecular weight is 339 g/mol. The molecule has 0 saturated carbocycles. The second kappa shape index (κ2) is 6.53. The summed E-state index contributed by atoms with van der Waals surface area (Å²) >= 11 is 3.29. The number of methoxy groups -OCH3 is 1. The monoisotopic (exact) mass is 338 g/mol. The molecule has 0 aliphatic heterocycles. The second-order valence-electron chi connectivity index (χ2n) is 4.14. The number of rotatable bonds is 5. The van der Waals surface area contributed by atoms with Crippen molar-refractivity contribution in [1.82, 2.24) is 9.78 Å². The summed E-state index contributed by atoms with van der Waals surface area (Å²) in [6.45, 7) is 0.847. The lowest BCUT2D eigenvalue weighted by Crippen LogP contribution is -2.25. The summed E-state index contributed by atoms with van der Waals surface area (Å²) < 4.78 is 6.72. The van der Waals surface area contributed by atoms with Crippen LogP contribution in [0.5, 0.6) is 0 Å². The van der Waals surface area contributed by atoms with Gasteiger partial charge in [0, 0.05) is 18.5 Å². The highest BCUT2D eigenvalue weighted by atomic mass is 79.9. The first kappa shape index (κ1) is 14.5. The quantitative estimate of drug-likeness (QED) is 0.814. The van der Waals surface area contributed by atoms with E-state index in [2.05, 4.69) is 26.3 Å². The minimum Gasteiger partial charge on any atom is -0.399 e. The third-order valence-corrected chi connectivity index (χ3v) is 3.45. The van der Waals surface area contributed by atoms with Gasteiger partial charge in [-0.2, -0.15) is 5.10 Å². The Morgan fingerprint density at radius 1 is 1.40 bits per heavy atom. The van der Waals surface area contributed by atoms with Crippen molar-refractivity contribution in [1.29, 1.82) is 0 Å². The molecule has 0 aliphatic carbocycles. The van der Waals surface area contributed by atoms with E-state index in [9.17, 15) is 4.79 Å². The molecule has 0 aliphatic rings. The van der Waals surface area contributed by atoms with Crippen LogP contribution >= 0.6 is 15.9 Å². The average Bonchev–Trinajstić information content (AvgIpc) is 2.45.